The largest absolute Gasteiger partial charge is 0.492 e. The number of aliphatic imine (C=N–C) groups is 1. The zero-order chi connectivity index (χ0) is 41.2. The van der Waals surface area contributed by atoms with Crippen molar-refractivity contribution < 1.29 is 32.6 Å². The normalized spacial score (nSPS) is 21.1. The second-order valence-corrected chi connectivity index (χ2v) is 13.3. The number of hydrogen-bond donors (Lipinski definition) is 5. The summed E-state index contributed by atoms with van der Waals surface area (Å²) in [7, 11) is 3.31. The van der Waals surface area contributed by atoms with Gasteiger partial charge >= 0.3 is 6.18 Å². The van der Waals surface area contributed by atoms with Crippen LogP contribution in [0, 0.1) is 0 Å². The zero-order valence-electron chi connectivity index (χ0n) is 33.7. The summed E-state index contributed by atoms with van der Waals surface area (Å²) >= 11 is 0. The predicted molar refractivity (Wildman–Crippen MR) is 218 cm³/mol. The van der Waals surface area contributed by atoms with E-state index in [2.05, 4.69) is 61.8 Å². The Bertz CT molecular complexity index is 1440. The van der Waals surface area contributed by atoms with E-state index < -0.39 is 35.3 Å². The quantitative estimate of drug-likeness (QED) is 0.0694. The van der Waals surface area contributed by atoms with Crippen LogP contribution in [0.25, 0.3) is 0 Å². The number of rotatable bonds is 11. The van der Waals surface area contributed by atoms with Crippen LogP contribution >= 0.6 is 0 Å². The zero-order valence-corrected chi connectivity index (χ0v) is 33.7. The topological polar surface area (TPSA) is 141 Å². The highest BCUT2D eigenvalue weighted by molar-refractivity contribution is 5.98. The maximum absolute atomic E-state index is 13.3. The smallest absolute Gasteiger partial charge is 0.416 e. The number of benzene rings is 1. The first kappa shape index (κ1) is 52.0. The lowest BCUT2D eigenvalue weighted by Gasteiger charge is -2.40. The number of amidine groups is 1. The molecule has 10 nitrogen and oxygen atoms in total. The van der Waals surface area contributed by atoms with E-state index in [4.69, 9.17) is 10.5 Å². The highest BCUT2D eigenvalue weighted by atomic mass is 19.4. The van der Waals surface area contributed by atoms with Crippen molar-refractivity contribution in [1.82, 2.24) is 20.9 Å². The fraction of sp³-hybridized carbons (Fsp3) is 0.585. The van der Waals surface area contributed by atoms with Crippen molar-refractivity contribution in [3.8, 4) is 5.75 Å². The number of carbonyl (C=O) groups is 2. The molecule has 1 aromatic rings. The first-order chi connectivity index (χ1) is 24.8. The second kappa shape index (κ2) is 24.3. The van der Waals surface area contributed by atoms with Crippen LogP contribution in [-0.4, -0.2) is 91.4 Å². The van der Waals surface area contributed by atoms with Crippen LogP contribution in [0.3, 0.4) is 0 Å². The number of hydrogen-bond acceptors (Lipinski definition) is 7. The lowest BCUT2D eigenvalue weighted by molar-refractivity contribution is -0.116. The summed E-state index contributed by atoms with van der Waals surface area (Å²) in [6.07, 6.45) is 1.89. The van der Waals surface area contributed by atoms with Gasteiger partial charge in [-0.2, -0.15) is 13.2 Å². The van der Waals surface area contributed by atoms with Crippen LogP contribution in [0.1, 0.15) is 105 Å². The molecular formula is C41H69F3N6O4. The molecule has 54 heavy (non-hydrogen) atoms. The van der Waals surface area contributed by atoms with E-state index in [1.807, 2.05) is 51.8 Å². The van der Waals surface area contributed by atoms with Gasteiger partial charge in [-0.15, -0.1) is 0 Å². The molecule has 2 aliphatic heterocycles. The predicted octanol–water partition coefficient (Wildman–Crippen LogP) is 7.21. The van der Waals surface area contributed by atoms with Crippen molar-refractivity contribution >= 4 is 17.6 Å². The van der Waals surface area contributed by atoms with Gasteiger partial charge in [0.1, 0.15) is 5.75 Å². The van der Waals surface area contributed by atoms with Crippen LogP contribution in [0.15, 0.2) is 71.9 Å². The molecule has 0 aliphatic carbocycles. The average molecular weight is 767 g/mol. The van der Waals surface area contributed by atoms with Crippen molar-refractivity contribution in [2.75, 3.05) is 33.8 Å². The van der Waals surface area contributed by atoms with Crippen LogP contribution in [-0.2, 0) is 10.2 Å². The van der Waals surface area contributed by atoms with Crippen molar-refractivity contribution in [1.29, 1.82) is 0 Å². The standard InChI is InChI=1S/C25H39N5O3.C10H12F3NO.C3H8.C2H6.CH4/c1-7-20(26)29-19(14-27-8-2)25(5)22(31)18(15-30(25)6)28-23(32)16-10-9-11-17-21(16)33-13-12-24(17,3)4;1-4-8(10(11,12)13)6-5-7(2)9(15)14-3;1-3-2;1-2;/h8-11,18-19,22,27,31H,2,7,12-15H2,1,3-6H3,(H2,26,29)(H,28,32);4-6H,2H2,1,3H3,(H,14,15);3H2,1-2H3;1-2H3;1H4/b;6-5-,8-4+;;;. The van der Waals surface area contributed by atoms with E-state index >= 15 is 0 Å². The van der Waals surface area contributed by atoms with E-state index in [0.717, 1.165) is 30.2 Å². The summed E-state index contributed by atoms with van der Waals surface area (Å²) < 4.78 is 42.5. The minimum absolute atomic E-state index is 0. The molecule has 0 radical (unpaired) electrons. The highest BCUT2D eigenvalue weighted by Crippen LogP contribution is 2.40. The Labute approximate surface area is 323 Å². The Balaban J connectivity index is 0. The molecule has 2 aliphatic rings. The summed E-state index contributed by atoms with van der Waals surface area (Å²) in [4.78, 5) is 30.9. The van der Waals surface area contributed by atoms with Crippen molar-refractivity contribution in [3.05, 3.63) is 78.1 Å². The number of nitrogens with two attached hydrogens (primary N) is 1. The first-order valence-corrected chi connectivity index (χ1v) is 18.3. The minimum atomic E-state index is -4.41. The van der Waals surface area contributed by atoms with Crippen LogP contribution < -0.4 is 26.4 Å². The molecule has 2 heterocycles. The summed E-state index contributed by atoms with van der Waals surface area (Å²) in [5.74, 6) is 0.409. The molecule has 3 rings (SSSR count). The third kappa shape index (κ3) is 14.3. The fourth-order valence-corrected chi connectivity index (χ4v) is 5.64. The van der Waals surface area contributed by atoms with Gasteiger partial charge in [0.05, 0.1) is 47.3 Å². The number of nitrogens with one attached hydrogen (secondary N) is 3. The Hall–Kier alpha value is -4.10. The first-order valence-electron chi connectivity index (χ1n) is 18.3. The van der Waals surface area contributed by atoms with Crippen LogP contribution in [0.4, 0.5) is 13.2 Å². The molecule has 0 saturated carbocycles. The molecule has 4 atom stereocenters. The highest BCUT2D eigenvalue weighted by Gasteiger charge is 2.53. The van der Waals surface area contributed by atoms with Crippen molar-refractivity contribution in [3.63, 3.8) is 0 Å². The van der Waals surface area contributed by atoms with Crippen molar-refractivity contribution in [2.24, 2.45) is 10.7 Å². The number of alkyl halides is 3. The van der Waals surface area contributed by atoms with E-state index in [0.29, 0.717) is 43.3 Å². The molecule has 1 fully saturated rings. The van der Waals surface area contributed by atoms with Gasteiger partial charge in [0, 0.05) is 37.7 Å². The van der Waals surface area contributed by atoms with Gasteiger partial charge in [-0.1, -0.05) is 93.7 Å². The SMILES string of the molecule is C.C=C(/C=C\C(=C/C)C(F)(F)F)C(=O)NC.C=CNCC(N=C(N)CC)C1(C)C(O)C(NC(=O)c2cccc3c2OCCC3(C)C)CN1C.CC.CCC. The second-order valence-electron chi connectivity index (χ2n) is 13.3. The maximum Gasteiger partial charge on any atom is 0.416 e. The van der Waals surface area contributed by atoms with E-state index in [1.54, 1.807) is 12.3 Å². The van der Waals surface area contributed by atoms with Gasteiger partial charge < -0.3 is 31.5 Å². The maximum atomic E-state index is 13.3. The molecule has 0 bridgehead atoms. The Morgan fingerprint density at radius 2 is 1.78 bits per heavy atom. The number of likely N-dealkylation sites (tertiary alicyclic amines) is 1. The molecule has 1 aromatic carbocycles. The minimum Gasteiger partial charge on any atom is -0.492 e. The van der Waals surface area contributed by atoms with Crippen LogP contribution in [0.5, 0.6) is 5.75 Å². The Morgan fingerprint density at radius 3 is 2.28 bits per heavy atom. The van der Waals surface area contributed by atoms with E-state index in [1.165, 1.54) is 20.4 Å². The molecule has 0 spiro atoms. The number of allylic oxidation sites excluding steroid dienone is 3. The lowest BCUT2D eigenvalue weighted by Crippen LogP contribution is -2.59. The molecule has 1 saturated heterocycles. The van der Waals surface area contributed by atoms with Gasteiger partial charge in [-0.05, 0) is 57.1 Å². The molecule has 13 heteroatoms. The summed E-state index contributed by atoms with van der Waals surface area (Å²) in [6, 6.07) is 4.90. The number of likely N-dealkylation sites (N-methyl/N-ethyl adjacent to an activating group) is 2. The van der Waals surface area contributed by atoms with Gasteiger partial charge in [-0.25, -0.2) is 0 Å². The summed E-state index contributed by atoms with van der Waals surface area (Å²) in [5.41, 5.74) is 5.96. The monoisotopic (exact) mass is 767 g/mol. The molecule has 308 valence electrons. The number of fused-ring (bicyclic) bond motifs is 1. The number of ether oxygens (including phenoxy) is 1. The molecular weight excluding hydrogens is 697 g/mol. The number of carbonyl (C=O) groups excluding carboxylic acids is 2. The molecule has 2 amide bonds. The lowest BCUT2D eigenvalue weighted by atomic mass is 9.79. The number of aliphatic hydroxyl groups is 1. The number of amides is 2. The average Bonchev–Trinajstić information content (AvgIpc) is 3.33. The third-order valence-corrected chi connectivity index (χ3v) is 8.99. The molecule has 6 N–H and O–H groups in total. The number of nitrogens with zero attached hydrogens (tertiary/aromatic N) is 2. The molecule has 0 aromatic heterocycles. The number of halogens is 3. The van der Waals surface area contributed by atoms with Crippen molar-refractivity contribution in [2.45, 2.75) is 124 Å². The molecule has 4 unspecified atom stereocenters. The Morgan fingerprint density at radius 1 is 1.19 bits per heavy atom. The summed E-state index contributed by atoms with van der Waals surface area (Å²) in [5, 5.41) is 19.8. The van der Waals surface area contributed by atoms with Gasteiger partial charge in [0.25, 0.3) is 5.91 Å². The van der Waals surface area contributed by atoms with E-state index in [9.17, 15) is 27.9 Å². The van der Waals surface area contributed by atoms with E-state index in [-0.39, 0.29) is 30.4 Å². The fourth-order valence-electron chi connectivity index (χ4n) is 5.64. The van der Waals surface area contributed by atoms with Crippen LogP contribution in [0.2, 0.25) is 0 Å². The Kier molecular flexibility index (Phi) is 23.4. The number of aliphatic hydroxyl groups excluding tert-OH is 1. The summed E-state index contributed by atoms with van der Waals surface area (Å²) in [6.45, 7) is 26.3. The van der Waals surface area contributed by atoms with Gasteiger partial charge in [-0.3, -0.25) is 19.5 Å². The van der Waals surface area contributed by atoms with Gasteiger partial charge in [0.15, 0.2) is 0 Å². The number of para-hydroxylation sites is 1. The van der Waals surface area contributed by atoms with Gasteiger partial charge in [0.2, 0.25) is 5.91 Å². The third-order valence-electron chi connectivity index (χ3n) is 8.99.